The topological polar surface area (TPSA) is 58.5 Å². The number of rotatable bonds is 8. The molecular weight excluding hydrogens is 483 g/mol. The third-order valence-corrected chi connectivity index (χ3v) is 5.51. The van der Waals surface area contributed by atoms with Gasteiger partial charge in [0.1, 0.15) is 10.8 Å². The fourth-order valence-corrected chi connectivity index (χ4v) is 3.65. The van der Waals surface area contributed by atoms with Crippen molar-refractivity contribution >= 4 is 41.3 Å². The quantitative estimate of drug-likeness (QED) is 0.294. The molecule has 0 bridgehead atoms. The monoisotopic (exact) mass is 514 g/mol. The first-order valence-corrected chi connectivity index (χ1v) is 10.7. The Hall–Kier alpha value is -1.35. The minimum Gasteiger partial charge on any atom is -0.490 e. The number of thiazole rings is 1. The number of ether oxygens (including phenoxy) is 1. The summed E-state index contributed by atoms with van der Waals surface area (Å²) in [7, 11) is 0. The molecule has 2 aromatic rings. The average molecular weight is 514 g/mol. The van der Waals surface area contributed by atoms with Crippen LogP contribution < -0.4 is 15.4 Å². The molecule has 1 heterocycles. The van der Waals surface area contributed by atoms with E-state index in [9.17, 15) is 0 Å². The standard InChI is InChI=1S/C21H30N4OS.HI/c1-4-22-21(24-13-20-25-18(14-27-20)15(2)3)23-12-16-8-5-6-11-19(16)26-17-9-7-10-17;/h5-6,8,11,14-15,17H,4,7,9-10,12-13H2,1-3H3,(H2,22,23,24);1H. The van der Waals surface area contributed by atoms with E-state index < -0.39 is 0 Å². The van der Waals surface area contributed by atoms with Crippen LogP contribution in [0.2, 0.25) is 0 Å². The molecule has 1 saturated carbocycles. The van der Waals surface area contributed by atoms with Gasteiger partial charge in [0.25, 0.3) is 0 Å². The van der Waals surface area contributed by atoms with E-state index in [0.29, 0.717) is 25.1 Å². The summed E-state index contributed by atoms with van der Waals surface area (Å²) in [4.78, 5) is 9.42. The summed E-state index contributed by atoms with van der Waals surface area (Å²) in [5.74, 6) is 2.23. The van der Waals surface area contributed by atoms with Crippen LogP contribution in [0.3, 0.4) is 0 Å². The molecule has 0 unspecified atom stereocenters. The van der Waals surface area contributed by atoms with Crippen molar-refractivity contribution in [2.24, 2.45) is 4.99 Å². The highest BCUT2D eigenvalue weighted by Gasteiger charge is 2.20. The number of halogens is 1. The number of aromatic nitrogens is 1. The second kappa shape index (κ2) is 11.6. The zero-order valence-corrected chi connectivity index (χ0v) is 20.1. The molecule has 1 aromatic heterocycles. The summed E-state index contributed by atoms with van der Waals surface area (Å²) in [6, 6.07) is 8.21. The lowest BCUT2D eigenvalue weighted by atomic mass is 9.96. The molecule has 0 aliphatic heterocycles. The van der Waals surface area contributed by atoms with E-state index in [0.717, 1.165) is 47.4 Å². The molecular formula is C21H31IN4OS. The molecule has 0 spiro atoms. The number of nitrogens with zero attached hydrogens (tertiary/aromatic N) is 2. The van der Waals surface area contributed by atoms with Crippen molar-refractivity contribution in [2.45, 2.75) is 65.1 Å². The molecule has 0 amide bonds. The Morgan fingerprint density at radius 3 is 2.71 bits per heavy atom. The first-order chi connectivity index (χ1) is 13.2. The maximum absolute atomic E-state index is 6.11. The number of hydrogen-bond acceptors (Lipinski definition) is 4. The number of aliphatic imine (C=N–C) groups is 1. The Kier molecular flexibility index (Phi) is 9.50. The van der Waals surface area contributed by atoms with Gasteiger partial charge in [-0.2, -0.15) is 0 Å². The number of nitrogens with one attached hydrogen (secondary N) is 2. The van der Waals surface area contributed by atoms with Crippen molar-refractivity contribution in [1.82, 2.24) is 15.6 Å². The molecule has 2 N–H and O–H groups in total. The van der Waals surface area contributed by atoms with Gasteiger partial charge in [-0.1, -0.05) is 32.0 Å². The average Bonchev–Trinajstić information content (AvgIpc) is 3.11. The predicted molar refractivity (Wildman–Crippen MR) is 128 cm³/mol. The summed E-state index contributed by atoms with van der Waals surface area (Å²) in [6.45, 7) is 8.50. The van der Waals surface area contributed by atoms with Crippen LogP contribution in [-0.2, 0) is 13.1 Å². The molecule has 154 valence electrons. The van der Waals surface area contributed by atoms with Crippen molar-refractivity contribution < 1.29 is 4.74 Å². The van der Waals surface area contributed by atoms with Gasteiger partial charge >= 0.3 is 0 Å². The minimum absolute atomic E-state index is 0. The number of benzene rings is 1. The molecule has 0 atom stereocenters. The van der Waals surface area contributed by atoms with E-state index in [1.807, 2.05) is 18.2 Å². The molecule has 5 nitrogen and oxygen atoms in total. The Morgan fingerprint density at radius 2 is 2.07 bits per heavy atom. The number of guanidine groups is 1. The molecule has 0 saturated heterocycles. The van der Waals surface area contributed by atoms with Crippen molar-refractivity contribution in [2.75, 3.05) is 6.54 Å². The Bertz CT molecular complexity index is 758. The van der Waals surface area contributed by atoms with Crippen LogP contribution in [-0.4, -0.2) is 23.6 Å². The lowest BCUT2D eigenvalue weighted by molar-refractivity contribution is 0.119. The first kappa shape index (κ1) is 22.9. The SMILES string of the molecule is CCNC(=NCc1ccccc1OC1CCC1)NCc1nc(C(C)C)cs1.I. The molecule has 3 rings (SSSR count). The molecule has 1 fully saturated rings. The van der Waals surface area contributed by atoms with Gasteiger partial charge in [-0.05, 0) is 38.2 Å². The number of hydrogen-bond donors (Lipinski definition) is 2. The van der Waals surface area contributed by atoms with Crippen LogP contribution in [0.5, 0.6) is 5.75 Å². The zero-order valence-electron chi connectivity index (χ0n) is 16.9. The molecule has 28 heavy (non-hydrogen) atoms. The fraction of sp³-hybridized carbons (Fsp3) is 0.524. The normalized spacial score (nSPS) is 14.4. The van der Waals surface area contributed by atoms with E-state index in [4.69, 9.17) is 9.73 Å². The van der Waals surface area contributed by atoms with Gasteiger partial charge in [0.2, 0.25) is 0 Å². The molecule has 1 aromatic carbocycles. The van der Waals surface area contributed by atoms with Crippen molar-refractivity contribution in [3.63, 3.8) is 0 Å². The van der Waals surface area contributed by atoms with E-state index in [1.54, 1.807) is 11.3 Å². The van der Waals surface area contributed by atoms with Gasteiger partial charge in [-0.3, -0.25) is 0 Å². The molecule has 7 heteroatoms. The lowest BCUT2D eigenvalue weighted by Gasteiger charge is -2.27. The van der Waals surface area contributed by atoms with Gasteiger partial charge in [0, 0.05) is 17.5 Å². The first-order valence-electron chi connectivity index (χ1n) is 9.86. The summed E-state index contributed by atoms with van der Waals surface area (Å²) in [5, 5.41) is 9.92. The van der Waals surface area contributed by atoms with Crippen molar-refractivity contribution in [1.29, 1.82) is 0 Å². The summed E-state index contributed by atoms with van der Waals surface area (Å²) < 4.78 is 6.11. The van der Waals surface area contributed by atoms with Gasteiger partial charge in [-0.15, -0.1) is 35.3 Å². The molecule has 0 radical (unpaired) electrons. The van der Waals surface area contributed by atoms with Crippen LogP contribution in [0.15, 0.2) is 34.6 Å². The zero-order chi connectivity index (χ0) is 19.1. The van der Waals surface area contributed by atoms with Gasteiger partial charge < -0.3 is 15.4 Å². The van der Waals surface area contributed by atoms with Crippen LogP contribution in [0.1, 0.15) is 62.2 Å². The smallest absolute Gasteiger partial charge is 0.191 e. The fourth-order valence-electron chi connectivity index (χ4n) is 2.75. The van der Waals surface area contributed by atoms with E-state index in [-0.39, 0.29) is 24.0 Å². The van der Waals surface area contributed by atoms with Gasteiger partial charge in [-0.25, -0.2) is 9.98 Å². The van der Waals surface area contributed by atoms with E-state index in [2.05, 4.69) is 47.8 Å². The number of para-hydroxylation sites is 1. The van der Waals surface area contributed by atoms with Crippen LogP contribution >= 0.6 is 35.3 Å². The summed E-state index contributed by atoms with van der Waals surface area (Å²) >= 11 is 1.69. The molecule has 1 aliphatic rings. The lowest BCUT2D eigenvalue weighted by Crippen LogP contribution is -2.36. The minimum atomic E-state index is 0. The van der Waals surface area contributed by atoms with Gasteiger partial charge in [0.05, 0.1) is 24.9 Å². The summed E-state index contributed by atoms with van der Waals surface area (Å²) in [6.07, 6.45) is 3.97. The van der Waals surface area contributed by atoms with E-state index >= 15 is 0 Å². The van der Waals surface area contributed by atoms with Crippen LogP contribution in [0, 0.1) is 0 Å². The summed E-state index contributed by atoms with van der Waals surface area (Å²) in [5.41, 5.74) is 2.28. The van der Waals surface area contributed by atoms with Crippen LogP contribution in [0.25, 0.3) is 0 Å². The second-order valence-corrected chi connectivity index (χ2v) is 8.09. The highest BCUT2D eigenvalue weighted by molar-refractivity contribution is 14.0. The predicted octanol–water partition coefficient (Wildman–Crippen LogP) is 5.07. The maximum Gasteiger partial charge on any atom is 0.191 e. The van der Waals surface area contributed by atoms with Crippen molar-refractivity contribution in [3.05, 3.63) is 45.9 Å². The Labute approximate surface area is 189 Å². The maximum atomic E-state index is 6.11. The second-order valence-electron chi connectivity index (χ2n) is 7.15. The van der Waals surface area contributed by atoms with Crippen LogP contribution in [0.4, 0.5) is 0 Å². The highest BCUT2D eigenvalue weighted by Crippen LogP contribution is 2.27. The Morgan fingerprint density at radius 1 is 1.29 bits per heavy atom. The van der Waals surface area contributed by atoms with Crippen molar-refractivity contribution in [3.8, 4) is 5.75 Å². The largest absolute Gasteiger partial charge is 0.490 e. The highest BCUT2D eigenvalue weighted by atomic mass is 127. The van der Waals surface area contributed by atoms with E-state index in [1.165, 1.54) is 6.42 Å². The third kappa shape index (κ3) is 6.62. The molecule has 1 aliphatic carbocycles. The third-order valence-electron chi connectivity index (χ3n) is 4.64. The Balaban J connectivity index is 0.00000280. The van der Waals surface area contributed by atoms with Gasteiger partial charge in [0.15, 0.2) is 5.96 Å².